The Morgan fingerprint density at radius 1 is 1.09 bits per heavy atom. The summed E-state index contributed by atoms with van der Waals surface area (Å²) in [5.74, 6) is -1.13. The lowest BCUT2D eigenvalue weighted by atomic mass is 10.3. The minimum absolute atomic E-state index is 0.0764. The number of alkyl halides is 2. The van der Waals surface area contributed by atoms with E-state index in [2.05, 4.69) is 25.4 Å². The summed E-state index contributed by atoms with van der Waals surface area (Å²) in [4.78, 5) is 21.5. The maximum atomic E-state index is 12.6. The number of anilines is 3. The van der Waals surface area contributed by atoms with Gasteiger partial charge in [-0.25, -0.2) is 4.98 Å². The summed E-state index contributed by atoms with van der Waals surface area (Å²) in [6.07, 6.45) is 1.77. The van der Waals surface area contributed by atoms with Gasteiger partial charge in [-0.3, -0.25) is 4.79 Å². The first-order valence-electron chi connectivity index (χ1n) is 9.79. The lowest BCUT2D eigenvalue weighted by molar-refractivity contribution is -0.128. The van der Waals surface area contributed by atoms with Crippen LogP contribution in [0.15, 0.2) is 57.9 Å². The zero-order valence-corrected chi connectivity index (χ0v) is 19.3. The number of thioether (sulfide) groups is 2. The zero-order valence-electron chi connectivity index (χ0n) is 16.9. The molecule has 1 aliphatic heterocycles. The number of halogens is 2. The van der Waals surface area contributed by atoms with Gasteiger partial charge in [0.15, 0.2) is 4.34 Å². The molecule has 2 aromatic heterocycles. The summed E-state index contributed by atoms with van der Waals surface area (Å²) in [5.41, 5.74) is 0.734. The van der Waals surface area contributed by atoms with Crippen molar-refractivity contribution in [2.45, 2.75) is 15.0 Å². The number of carbonyl (C=O) groups is 1. The van der Waals surface area contributed by atoms with E-state index in [-0.39, 0.29) is 5.91 Å². The molecule has 1 aliphatic rings. The number of nitrogens with zero attached hydrogens (tertiary/aromatic N) is 5. The van der Waals surface area contributed by atoms with Gasteiger partial charge in [-0.15, -0.1) is 10.2 Å². The van der Waals surface area contributed by atoms with E-state index in [1.807, 2.05) is 23.1 Å². The SMILES string of the molecule is O=C(CSc1nnc(Nc2ccc(SC(F)F)cc2)s1)N1CCN(c2ccccn2)CC1. The molecule has 3 heterocycles. The molecule has 12 heteroatoms. The van der Waals surface area contributed by atoms with E-state index >= 15 is 0 Å². The minimum atomic E-state index is -2.44. The molecular weight excluding hydrogens is 474 g/mol. The highest BCUT2D eigenvalue weighted by Gasteiger charge is 2.22. The van der Waals surface area contributed by atoms with E-state index in [1.165, 1.54) is 23.1 Å². The van der Waals surface area contributed by atoms with Gasteiger partial charge < -0.3 is 15.1 Å². The van der Waals surface area contributed by atoms with Crippen LogP contribution < -0.4 is 10.2 Å². The van der Waals surface area contributed by atoms with Crippen molar-refractivity contribution in [3.8, 4) is 0 Å². The van der Waals surface area contributed by atoms with Crippen LogP contribution >= 0.6 is 34.9 Å². The van der Waals surface area contributed by atoms with Gasteiger partial charge in [-0.1, -0.05) is 40.9 Å². The molecule has 0 atom stereocenters. The lowest BCUT2D eigenvalue weighted by Gasteiger charge is -2.35. The van der Waals surface area contributed by atoms with Crippen LogP contribution in [-0.4, -0.2) is 63.7 Å². The molecule has 1 saturated heterocycles. The Balaban J connectivity index is 1.22. The summed E-state index contributed by atoms with van der Waals surface area (Å²) >= 11 is 3.21. The first-order valence-corrected chi connectivity index (χ1v) is 12.5. The van der Waals surface area contributed by atoms with Crippen LogP contribution in [0, 0.1) is 0 Å². The first kappa shape index (κ1) is 22.7. The van der Waals surface area contributed by atoms with Crippen LogP contribution in [0.3, 0.4) is 0 Å². The number of nitrogens with one attached hydrogen (secondary N) is 1. The standard InChI is InChI=1S/C20H20F2N6OS3/c21-18(22)31-15-6-4-14(5-7-15)24-19-25-26-20(32-19)30-13-17(29)28-11-9-27(10-12-28)16-3-1-2-8-23-16/h1-8,18H,9-13H2,(H,24,25). The van der Waals surface area contributed by atoms with Crippen molar-refractivity contribution in [1.82, 2.24) is 20.1 Å². The average Bonchev–Trinajstić information content (AvgIpc) is 3.26. The van der Waals surface area contributed by atoms with Crippen molar-refractivity contribution in [1.29, 1.82) is 0 Å². The van der Waals surface area contributed by atoms with E-state index in [1.54, 1.807) is 30.5 Å². The van der Waals surface area contributed by atoms with Crippen molar-refractivity contribution >= 4 is 57.4 Å². The third kappa shape index (κ3) is 6.30. The van der Waals surface area contributed by atoms with Gasteiger partial charge in [0, 0.05) is 43.0 Å². The van der Waals surface area contributed by atoms with Crippen molar-refractivity contribution in [2.75, 3.05) is 42.1 Å². The minimum Gasteiger partial charge on any atom is -0.353 e. The number of aromatic nitrogens is 3. The predicted octanol–water partition coefficient (Wildman–Crippen LogP) is 4.43. The van der Waals surface area contributed by atoms with E-state index in [9.17, 15) is 13.6 Å². The summed E-state index contributed by atoms with van der Waals surface area (Å²) in [6, 6.07) is 12.5. The first-order chi connectivity index (χ1) is 15.6. The van der Waals surface area contributed by atoms with E-state index in [0.29, 0.717) is 45.0 Å². The molecular formula is C20H20F2N6OS3. The Morgan fingerprint density at radius 3 is 2.56 bits per heavy atom. The smallest absolute Gasteiger partial charge is 0.288 e. The second-order valence-corrected chi connectivity index (χ2v) is 10.0. The quantitative estimate of drug-likeness (QED) is 0.461. The average molecular weight is 495 g/mol. The van der Waals surface area contributed by atoms with Gasteiger partial charge in [-0.2, -0.15) is 8.78 Å². The fraction of sp³-hybridized carbons (Fsp3) is 0.300. The molecule has 0 spiro atoms. The number of rotatable bonds is 8. The van der Waals surface area contributed by atoms with E-state index < -0.39 is 5.76 Å². The Kier molecular flexibility index (Phi) is 7.76. The van der Waals surface area contributed by atoms with Crippen molar-refractivity contribution < 1.29 is 13.6 Å². The number of piperazine rings is 1. The van der Waals surface area contributed by atoms with Crippen LogP contribution in [0.5, 0.6) is 0 Å². The maximum absolute atomic E-state index is 12.6. The van der Waals surface area contributed by atoms with E-state index in [4.69, 9.17) is 0 Å². The van der Waals surface area contributed by atoms with Crippen molar-refractivity contribution in [3.05, 3.63) is 48.7 Å². The summed E-state index contributed by atoms with van der Waals surface area (Å²) in [6.45, 7) is 2.85. The molecule has 7 nitrogen and oxygen atoms in total. The lowest BCUT2D eigenvalue weighted by Crippen LogP contribution is -2.49. The van der Waals surface area contributed by atoms with Gasteiger partial charge in [0.2, 0.25) is 11.0 Å². The number of carbonyl (C=O) groups excluding carboxylic acids is 1. The molecule has 1 amide bonds. The normalized spacial score (nSPS) is 14.1. The zero-order chi connectivity index (χ0) is 22.3. The van der Waals surface area contributed by atoms with Gasteiger partial charge in [0.1, 0.15) is 5.82 Å². The fourth-order valence-corrected chi connectivity index (χ4v) is 5.28. The highest BCUT2D eigenvalue weighted by Crippen LogP contribution is 2.30. The van der Waals surface area contributed by atoms with Gasteiger partial charge in [0.05, 0.1) is 5.75 Å². The third-order valence-electron chi connectivity index (χ3n) is 4.66. The molecule has 0 aliphatic carbocycles. The van der Waals surface area contributed by atoms with Gasteiger partial charge in [-0.05, 0) is 36.4 Å². The van der Waals surface area contributed by atoms with Crippen molar-refractivity contribution in [3.63, 3.8) is 0 Å². The summed E-state index contributed by atoms with van der Waals surface area (Å²) in [7, 11) is 0. The molecule has 1 N–H and O–H groups in total. The highest BCUT2D eigenvalue weighted by molar-refractivity contribution is 8.01. The van der Waals surface area contributed by atoms with Gasteiger partial charge in [0.25, 0.3) is 5.76 Å². The number of hydrogen-bond acceptors (Lipinski definition) is 9. The van der Waals surface area contributed by atoms with Crippen LogP contribution in [0.1, 0.15) is 0 Å². The number of pyridine rings is 1. The van der Waals surface area contributed by atoms with Gasteiger partial charge >= 0.3 is 0 Å². The molecule has 0 saturated carbocycles. The Hall–Kier alpha value is -2.44. The largest absolute Gasteiger partial charge is 0.353 e. The van der Waals surface area contributed by atoms with Crippen LogP contribution in [0.4, 0.5) is 25.4 Å². The van der Waals surface area contributed by atoms with Crippen LogP contribution in [0.2, 0.25) is 0 Å². The third-order valence-corrected chi connectivity index (χ3v) is 7.34. The van der Waals surface area contributed by atoms with Crippen LogP contribution in [-0.2, 0) is 4.79 Å². The fourth-order valence-electron chi connectivity index (χ4n) is 3.10. The second kappa shape index (κ2) is 10.9. The molecule has 32 heavy (non-hydrogen) atoms. The monoisotopic (exact) mass is 494 g/mol. The Bertz CT molecular complexity index is 1010. The predicted molar refractivity (Wildman–Crippen MR) is 125 cm³/mol. The molecule has 4 rings (SSSR count). The second-order valence-electron chi connectivity index (χ2n) is 6.75. The molecule has 3 aromatic rings. The molecule has 0 bridgehead atoms. The summed E-state index contributed by atoms with van der Waals surface area (Å²) < 4.78 is 25.5. The molecule has 168 valence electrons. The molecule has 0 unspecified atom stereocenters. The van der Waals surface area contributed by atoms with E-state index in [0.717, 1.165) is 24.6 Å². The number of benzene rings is 1. The molecule has 1 fully saturated rings. The van der Waals surface area contributed by atoms with Crippen LogP contribution in [0.25, 0.3) is 0 Å². The highest BCUT2D eigenvalue weighted by atomic mass is 32.2. The topological polar surface area (TPSA) is 74.2 Å². The van der Waals surface area contributed by atoms with Crippen molar-refractivity contribution in [2.24, 2.45) is 0 Å². The summed E-state index contributed by atoms with van der Waals surface area (Å²) in [5, 5.41) is 11.9. The number of hydrogen-bond donors (Lipinski definition) is 1. The number of amides is 1. The molecule has 0 radical (unpaired) electrons. The Labute approximate surface area is 196 Å². The molecule has 1 aromatic carbocycles. The maximum Gasteiger partial charge on any atom is 0.288 e. The Morgan fingerprint density at radius 2 is 1.88 bits per heavy atom.